The Labute approximate surface area is 214 Å². The van der Waals surface area contributed by atoms with Gasteiger partial charge in [-0.15, -0.1) is 0 Å². The van der Waals surface area contributed by atoms with Crippen molar-refractivity contribution in [3.63, 3.8) is 0 Å². The lowest BCUT2D eigenvalue weighted by Crippen LogP contribution is -2.48. The van der Waals surface area contributed by atoms with E-state index < -0.39 is 11.6 Å². The number of fused-ring (bicyclic) bond motifs is 1. The van der Waals surface area contributed by atoms with Gasteiger partial charge in [-0.3, -0.25) is 14.7 Å². The number of nitrogen functional groups attached to an aromatic ring is 1. The summed E-state index contributed by atoms with van der Waals surface area (Å²) in [5.74, 6) is -1.56. The molecule has 0 unspecified atom stereocenters. The zero-order chi connectivity index (χ0) is 26.1. The van der Waals surface area contributed by atoms with Crippen LogP contribution >= 0.6 is 0 Å². The molecule has 4 aromatic rings. The molecular weight excluding hydrogens is 474 g/mol. The van der Waals surface area contributed by atoms with Crippen LogP contribution in [0.1, 0.15) is 29.7 Å². The van der Waals surface area contributed by atoms with Crippen molar-refractivity contribution >= 4 is 22.4 Å². The van der Waals surface area contributed by atoms with Gasteiger partial charge in [0.15, 0.2) is 17.1 Å². The van der Waals surface area contributed by atoms with E-state index in [0.717, 1.165) is 55.0 Å². The molecular formula is C28H30F2N6O. The van der Waals surface area contributed by atoms with Crippen LogP contribution in [-0.4, -0.2) is 38.6 Å². The summed E-state index contributed by atoms with van der Waals surface area (Å²) in [6, 6.07) is 10.1. The first-order valence-corrected chi connectivity index (χ1v) is 12.4. The maximum Gasteiger partial charge on any atom is 0.193 e. The van der Waals surface area contributed by atoms with E-state index in [2.05, 4.69) is 25.8 Å². The Morgan fingerprint density at radius 3 is 2.68 bits per heavy atom. The summed E-state index contributed by atoms with van der Waals surface area (Å²) in [5, 5.41) is 0.169. The van der Waals surface area contributed by atoms with Crippen LogP contribution in [0.4, 0.5) is 20.3 Å². The highest BCUT2D eigenvalue weighted by Crippen LogP contribution is 2.25. The number of anilines is 2. The number of nitrogens with zero attached hydrogens (tertiary/aromatic N) is 5. The summed E-state index contributed by atoms with van der Waals surface area (Å²) in [5.41, 5.74) is 9.57. The monoisotopic (exact) mass is 504 g/mol. The normalized spacial score (nSPS) is 16.0. The van der Waals surface area contributed by atoms with Crippen molar-refractivity contribution in [3.05, 3.63) is 93.7 Å². The molecule has 4 heterocycles. The van der Waals surface area contributed by atoms with Crippen LogP contribution in [-0.2, 0) is 20.1 Å². The maximum atomic E-state index is 14.0. The molecule has 9 heteroatoms. The molecule has 1 aromatic carbocycles. The molecule has 0 radical (unpaired) electrons. The molecule has 0 spiro atoms. The van der Waals surface area contributed by atoms with Crippen molar-refractivity contribution in [3.8, 4) is 0 Å². The van der Waals surface area contributed by atoms with E-state index >= 15 is 0 Å². The van der Waals surface area contributed by atoms with Gasteiger partial charge < -0.3 is 15.2 Å². The molecule has 1 aliphatic heterocycles. The molecule has 192 valence electrons. The zero-order valence-electron chi connectivity index (χ0n) is 21.0. The number of nitrogens with two attached hydrogens (primary N) is 1. The molecule has 2 N–H and O–H groups in total. The molecule has 3 aromatic heterocycles. The molecule has 1 aliphatic rings. The molecule has 0 bridgehead atoms. The van der Waals surface area contributed by atoms with Gasteiger partial charge in [-0.25, -0.2) is 13.8 Å². The Hall–Kier alpha value is -3.85. The van der Waals surface area contributed by atoms with Gasteiger partial charge in [-0.1, -0.05) is 0 Å². The van der Waals surface area contributed by atoms with Crippen LogP contribution in [0.3, 0.4) is 0 Å². The highest BCUT2D eigenvalue weighted by atomic mass is 19.2. The van der Waals surface area contributed by atoms with Crippen molar-refractivity contribution < 1.29 is 8.78 Å². The van der Waals surface area contributed by atoms with Crippen molar-refractivity contribution in [1.82, 2.24) is 19.4 Å². The number of aromatic nitrogens is 3. The molecule has 1 saturated heterocycles. The van der Waals surface area contributed by atoms with E-state index in [1.807, 2.05) is 31.3 Å². The highest BCUT2D eigenvalue weighted by molar-refractivity contribution is 5.79. The summed E-state index contributed by atoms with van der Waals surface area (Å²) >= 11 is 0. The van der Waals surface area contributed by atoms with Crippen LogP contribution in [0, 0.1) is 18.6 Å². The van der Waals surface area contributed by atoms with Gasteiger partial charge in [-0.2, -0.15) is 0 Å². The first-order chi connectivity index (χ1) is 17.8. The average molecular weight is 505 g/mol. The quantitative estimate of drug-likeness (QED) is 0.425. The Morgan fingerprint density at radius 2 is 1.92 bits per heavy atom. The minimum Gasteiger partial charge on any atom is -0.384 e. The third kappa shape index (κ3) is 5.32. The van der Waals surface area contributed by atoms with Crippen molar-refractivity contribution in [2.75, 3.05) is 23.7 Å². The fourth-order valence-electron chi connectivity index (χ4n) is 5.15. The number of benzene rings is 1. The molecule has 7 nitrogen and oxygen atoms in total. The minimum atomic E-state index is -1.03. The van der Waals surface area contributed by atoms with E-state index in [9.17, 15) is 13.6 Å². The van der Waals surface area contributed by atoms with E-state index in [-0.39, 0.29) is 16.9 Å². The fourth-order valence-corrected chi connectivity index (χ4v) is 5.15. The predicted octanol–water partition coefficient (Wildman–Crippen LogP) is 4.17. The Bertz CT molecular complexity index is 1490. The lowest BCUT2D eigenvalue weighted by molar-refractivity contribution is 0.158. The summed E-state index contributed by atoms with van der Waals surface area (Å²) in [6.45, 7) is 4.60. The van der Waals surface area contributed by atoms with Gasteiger partial charge in [0.25, 0.3) is 0 Å². The van der Waals surface area contributed by atoms with E-state index in [1.165, 1.54) is 0 Å². The second-order valence-corrected chi connectivity index (χ2v) is 9.77. The van der Waals surface area contributed by atoms with Gasteiger partial charge in [0.2, 0.25) is 0 Å². The van der Waals surface area contributed by atoms with Gasteiger partial charge in [0, 0.05) is 74.4 Å². The minimum absolute atomic E-state index is 0.148. The van der Waals surface area contributed by atoms with Crippen LogP contribution in [0.25, 0.3) is 10.9 Å². The molecule has 5 rings (SSSR count). The van der Waals surface area contributed by atoms with Gasteiger partial charge >= 0.3 is 0 Å². The SMILES string of the molecule is Cc1ccc(N2CCC[C@H](N(Cc3ccnc(N)c3)Cc3cn(C)c4cc(F)c(F)cc4c3=O)C2)cn1. The lowest BCUT2D eigenvalue weighted by atomic mass is 10.0. The number of aryl methyl sites for hydroxylation is 2. The summed E-state index contributed by atoms with van der Waals surface area (Å²) in [4.78, 5) is 26.6. The maximum absolute atomic E-state index is 14.0. The van der Waals surface area contributed by atoms with Crippen LogP contribution < -0.4 is 16.1 Å². The number of hydrogen-bond acceptors (Lipinski definition) is 6. The van der Waals surface area contributed by atoms with Crippen molar-refractivity contribution in [1.29, 1.82) is 0 Å². The standard InChI is InChI=1S/C28H30F2N6O/c1-18-5-6-21(13-33-18)35-9-3-4-22(17-35)36(14-19-7-8-32-27(31)10-19)16-20-15-34(2)26-12-25(30)24(29)11-23(26)28(20)37/h5-8,10-13,15,22H,3-4,9,14,16-17H2,1-2H3,(H2,31,32)/t22-/m0/s1. The molecule has 1 atom stereocenters. The Balaban J connectivity index is 1.50. The molecule has 0 saturated carbocycles. The van der Waals surface area contributed by atoms with Gasteiger partial charge in [0.1, 0.15) is 5.82 Å². The molecule has 0 amide bonds. The summed E-state index contributed by atoms with van der Waals surface area (Å²) in [6.07, 6.45) is 7.26. The van der Waals surface area contributed by atoms with Crippen molar-refractivity contribution in [2.24, 2.45) is 7.05 Å². The number of rotatable bonds is 6. The number of halogens is 2. The lowest BCUT2D eigenvalue weighted by Gasteiger charge is -2.40. The highest BCUT2D eigenvalue weighted by Gasteiger charge is 2.27. The van der Waals surface area contributed by atoms with Crippen molar-refractivity contribution in [2.45, 2.75) is 38.9 Å². The average Bonchev–Trinajstić information content (AvgIpc) is 2.88. The largest absolute Gasteiger partial charge is 0.384 e. The second-order valence-electron chi connectivity index (χ2n) is 9.77. The smallest absolute Gasteiger partial charge is 0.193 e. The first-order valence-electron chi connectivity index (χ1n) is 12.4. The summed E-state index contributed by atoms with van der Waals surface area (Å²) < 4.78 is 29.6. The topological polar surface area (TPSA) is 80.3 Å². The molecule has 0 aliphatic carbocycles. The zero-order valence-corrected chi connectivity index (χ0v) is 21.0. The number of pyridine rings is 3. The third-order valence-corrected chi connectivity index (χ3v) is 7.08. The van der Waals surface area contributed by atoms with Crippen LogP contribution in [0.15, 0.2) is 59.8 Å². The van der Waals surface area contributed by atoms with E-state index in [0.29, 0.717) is 30.0 Å². The van der Waals surface area contributed by atoms with Crippen LogP contribution in [0.2, 0.25) is 0 Å². The predicted molar refractivity (Wildman–Crippen MR) is 141 cm³/mol. The second kappa shape index (κ2) is 10.3. The molecule has 1 fully saturated rings. The summed E-state index contributed by atoms with van der Waals surface area (Å²) in [7, 11) is 1.74. The number of piperidine rings is 1. The fraction of sp³-hybridized carbons (Fsp3) is 0.321. The van der Waals surface area contributed by atoms with E-state index in [1.54, 1.807) is 24.0 Å². The van der Waals surface area contributed by atoms with E-state index in [4.69, 9.17) is 5.73 Å². The first kappa shape index (κ1) is 24.8. The van der Waals surface area contributed by atoms with Crippen LogP contribution in [0.5, 0.6) is 0 Å². The Kier molecular flexibility index (Phi) is 6.88. The molecule has 37 heavy (non-hydrogen) atoms. The Morgan fingerprint density at radius 1 is 1.11 bits per heavy atom. The third-order valence-electron chi connectivity index (χ3n) is 7.08. The number of hydrogen-bond donors (Lipinski definition) is 1. The van der Waals surface area contributed by atoms with Gasteiger partial charge in [0.05, 0.1) is 17.4 Å². The van der Waals surface area contributed by atoms with Gasteiger partial charge in [-0.05, 0) is 55.7 Å².